The topological polar surface area (TPSA) is 102 Å². The van der Waals surface area contributed by atoms with Crippen LogP contribution in [0.5, 0.6) is 0 Å². The van der Waals surface area contributed by atoms with Crippen molar-refractivity contribution in [3.63, 3.8) is 0 Å². The fourth-order valence-corrected chi connectivity index (χ4v) is 3.02. The van der Waals surface area contributed by atoms with Crippen molar-refractivity contribution in [1.29, 1.82) is 0 Å². The predicted octanol–water partition coefficient (Wildman–Crippen LogP) is 0.802. The van der Waals surface area contributed by atoms with Crippen LogP contribution in [0.3, 0.4) is 0 Å². The van der Waals surface area contributed by atoms with Crippen molar-refractivity contribution in [2.24, 2.45) is 14.1 Å². The van der Waals surface area contributed by atoms with Gasteiger partial charge in [0.1, 0.15) is 5.82 Å². The largest absolute Gasteiger partial charge is 0.332 e. The maximum Gasteiger partial charge on any atom is 0.332 e. The Morgan fingerprint density at radius 3 is 2.64 bits per heavy atom. The number of carbonyl (C=O) groups excluding carboxylic acids is 2. The van der Waals surface area contributed by atoms with Gasteiger partial charge in [-0.2, -0.15) is 0 Å². The summed E-state index contributed by atoms with van der Waals surface area (Å²) in [5.74, 6) is -1.92. The first-order valence-corrected chi connectivity index (χ1v) is 7.83. The summed E-state index contributed by atoms with van der Waals surface area (Å²) in [7, 11) is 2.76. The van der Waals surface area contributed by atoms with E-state index >= 15 is 0 Å². The van der Waals surface area contributed by atoms with E-state index in [9.17, 15) is 19.2 Å². The highest BCUT2D eigenvalue weighted by molar-refractivity contribution is 6.30. The van der Waals surface area contributed by atoms with Crippen LogP contribution in [-0.4, -0.2) is 20.9 Å². The molecule has 0 bridgehead atoms. The standard InChI is InChI=1S/C16H15ClN4O4/c1-20-13-12(15(24)21(2)16(20)25)10(7-11(22)19-13)14(23)18-9-5-3-4-8(17)6-9/h3-6,10H,7H2,1-2H3,(H,18,23)(H,19,22). The molecule has 0 radical (unpaired) electrons. The van der Waals surface area contributed by atoms with Crippen molar-refractivity contribution < 1.29 is 9.59 Å². The monoisotopic (exact) mass is 362 g/mol. The van der Waals surface area contributed by atoms with Crippen LogP contribution in [0.4, 0.5) is 11.5 Å². The lowest BCUT2D eigenvalue weighted by atomic mass is 9.92. The minimum atomic E-state index is -1.01. The molecule has 9 heteroatoms. The zero-order valence-electron chi connectivity index (χ0n) is 13.5. The molecule has 130 valence electrons. The highest BCUT2D eigenvalue weighted by Crippen LogP contribution is 2.29. The number of carbonyl (C=O) groups is 2. The number of halogens is 1. The van der Waals surface area contributed by atoms with E-state index in [1.165, 1.54) is 14.1 Å². The predicted molar refractivity (Wildman–Crippen MR) is 93.0 cm³/mol. The van der Waals surface area contributed by atoms with Gasteiger partial charge in [0.25, 0.3) is 5.56 Å². The SMILES string of the molecule is Cn1c2c(c(=O)n(C)c1=O)C(C(=O)Nc1cccc(Cl)c1)CC(=O)N2. The Morgan fingerprint density at radius 1 is 1.24 bits per heavy atom. The molecule has 8 nitrogen and oxygen atoms in total. The van der Waals surface area contributed by atoms with E-state index in [1.807, 2.05) is 0 Å². The summed E-state index contributed by atoms with van der Waals surface area (Å²) in [6.45, 7) is 0. The molecule has 1 aliphatic heterocycles. The molecular formula is C16H15ClN4O4. The molecule has 1 unspecified atom stereocenters. The molecule has 2 heterocycles. The van der Waals surface area contributed by atoms with E-state index in [4.69, 9.17) is 11.6 Å². The fraction of sp³-hybridized carbons (Fsp3) is 0.250. The molecule has 0 saturated carbocycles. The highest BCUT2D eigenvalue weighted by Gasteiger charge is 2.35. The smallest absolute Gasteiger partial charge is 0.325 e. The first-order chi connectivity index (χ1) is 11.8. The number of nitrogens with zero attached hydrogens (tertiary/aromatic N) is 2. The summed E-state index contributed by atoms with van der Waals surface area (Å²) < 4.78 is 2.06. The number of hydrogen-bond acceptors (Lipinski definition) is 4. The van der Waals surface area contributed by atoms with Gasteiger partial charge in [0.05, 0.1) is 11.5 Å². The summed E-state index contributed by atoms with van der Waals surface area (Å²) in [6, 6.07) is 6.53. The molecule has 3 rings (SSSR count). The Bertz CT molecular complexity index is 1010. The Kier molecular flexibility index (Phi) is 4.22. The second-order valence-corrected chi connectivity index (χ2v) is 6.21. The number of aromatic nitrogens is 2. The fourth-order valence-electron chi connectivity index (χ4n) is 2.83. The molecule has 1 aromatic carbocycles. The molecule has 2 amide bonds. The number of benzene rings is 1. The van der Waals surface area contributed by atoms with Gasteiger partial charge in [0.15, 0.2) is 0 Å². The molecule has 2 N–H and O–H groups in total. The maximum atomic E-state index is 12.7. The third-order valence-corrected chi connectivity index (χ3v) is 4.34. The van der Waals surface area contributed by atoms with Gasteiger partial charge in [-0.15, -0.1) is 0 Å². The first-order valence-electron chi connectivity index (χ1n) is 7.45. The molecule has 0 fully saturated rings. The van der Waals surface area contributed by atoms with E-state index in [0.29, 0.717) is 10.7 Å². The lowest BCUT2D eigenvalue weighted by Crippen LogP contribution is -2.45. The molecule has 25 heavy (non-hydrogen) atoms. The quantitative estimate of drug-likeness (QED) is 0.824. The van der Waals surface area contributed by atoms with Crippen LogP contribution in [0.15, 0.2) is 33.9 Å². The van der Waals surface area contributed by atoms with E-state index in [1.54, 1.807) is 24.3 Å². The highest BCUT2D eigenvalue weighted by atomic mass is 35.5. The number of anilines is 2. The van der Waals surface area contributed by atoms with E-state index < -0.39 is 29.0 Å². The van der Waals surface area contributed by atoms with Crippen LogP contribution in [0.2, 0.25) is 5.02 Å². The van der Waals surface area contributed by atoms with Crippen molar-refractivity contribution in [2.45, 2.75) is 12.3 Å². The summed E-state index contributed by atoms with van der Waals surface area (Å²) in [4.78, 5) is 49.2. The van der Waals surface area contributed by atoms with Crippen LogP contribution in [-0.2, 0) is 23.7 Å². The summed E-state index contributed by atoms with van der Waals surface area (Å²) in [5, 5.41) is 5.60. The summed E-state index contributed by atoms with van der Waals surface area (Å²) >= 11 is 5.90. The van der Waals surface area contributed by atoms with Gasteiger partial charge in [-0.1, -0.05) is 17.7 Å². The second-order valence-electron chi connectivity index (χ2n) is 5.77. The third kappa shape index (κ3) is 2.96. The Morgan fingerprint density at radius 2 is 1.96 bits per heavy atom. The van der Waals surface area contributed by atoms with Crippen LogP contribution in [0.1, 0.15) is 17.9 Å². The van der Waals surface area contributed by atoms with Gasteiger partial charge in [-0.05, 0) is 18.2 Å². The Balaban J connectivity index is 2.07. The average Bonchev–Trinajstić information content (AvgIpc) is 2.57. The average molecular weight is 363 g/mol. The minimum Gasteiger partial charge on any atom is -0.325 e. The zero-order valence-corrected chi connectivity index (χ0v) is 14.3. The number of rotatable bonds is 2. The van der Waals surface area contributed by atoms with E-state index in [2.05, 4.69) is 10.6 Å². The Labute approximate surface area is 147 Å². The third-order valence-electron chi connectivity index (χ3n) is 4.10. The Hall–Kier alpha value is -2.87. The van der Waals surface area contributed by atoms with Crippen LogP contribution >= 0.6 is 11.6 Å². The van der Waals surface area contributed by atoms with Gasteiger partial charge in [-0.25, -0.2) is 4.79 Å². The second kappa shape index (κ2) is 6.21. The van der Waals surface area contributed by atoms with Gasteiger partial charge in [0.2, 0.25) is 11.8 Å². The summed E-state index contributed by atoms with van der Waals surface area (Å²) in [6.07, 6.45) is -0.188. The minimum absolute atomic E-state index is 0.0515. The van der Waals surface area contributed by atoms with Crippen molar-refractivity contribution in [3.8, 4) is 0 Å². The van der Waals surface area contributed by atoms with Gasteiger partial charge in [0, 0.05) is 31.2 Å². The normalized spacial score (nSPS) is 16.1. The molecule has 0 aliphatic carbocycles. The molecule has 1 atom stereocenters. The van der Waals surface area contributed by atoms with Crippen molar-refractivity contribution in [1.82, 2.24) is 9.13 Å². The number of hydrogen-bond donors (Lipinski definition) is 2. The zero-order chi connectivity index (χ0) is 18.3. The van der Waals surface area contributed by atoms with Crippen LogP contribution < -0.4 is 21.9 Å². The van der Waals surface area contributed by atoms with Crippen LogP contribution in [0.25, 0.3) is 0 Å². The molecule has 0 spiro atoms. The number of fused-ring (bicyclic) bond motifs is 1. The van der Waals surface area contributed by atoms with Crippen LogP contribution in [0, 0.1) is 0 Å². The number of amides is 2. The molecular weight excluding hydrogens is 348 g/mol. The molecule has 0 saturated heterocycles. The van der Waals surface area contributed by atoms with Crippen molar-refractivity contribution in [2.75, 3.05) is 10.6 Å². The lowest BCUT2D eigenvalue weighted by Gasteiger charge is -2.26. The van der Waals surface area contributed by atoms with Gasteiger partial charge in [-0.3, -0.25) is 23.5 Å². The van der Waals surface area contributed by atoms with Crippen molar-refractivity contribution >= 4 is 34.9 Å². The molecule has 1 aliphatic rings. The van der Waals surface area contributed by atoms with E-state index in [-0.39, 0.29) is 17.8 Å². The first kappa shape index (κ1) is 17.0. The van der Waals surface area contributed by atoms with E-state index in [0.717, 1.165) is 9.13 Å². The van der Waals surface area contributed by atoms with Gasteiger partial charge >= 0.3 is 5.69 Å². The number of nitrogens with one attached hydrogen (secondary N) is 2. The maximum absolute atomic E-state index is 12.7. The molecule has 2 aromatic rings. The van der Waals surface area contributed by atoms with Crippen molar-refractivity contribution in [3.05, 3.63) is 55.7 Å². The summed E-state index contributed by atoms with van der Waals surface area (Å²) in [5.41, 5.74) is -0.653. The lowest BCUT2D eigenvalue weighted by molar-refractivity contribution is -0.123. The molecule has 1 aromatic heterocycles. The van der Waals surface area contributed by atoms with Gasteiger partial charge < -0.3 is 10.6 Å².